The average Bonchev–Trinajstić information content (AvgIpc) is 3.03. The van der Waals surface area contributed by atoms with Gasteiger partial charge in [0.05, 0.1) is 9.77 Å². The number of nitrogens with one attached hydrogen (secondary N) is 3. The molecule has 1 aromatic carbocycles. The number of carbonyl (C=O) groups is 2. The summed E-state index contributed by atoms with van der Waals surface area (Å²) in [6, 6.07) is 7.51. The highest BCUT2D eigenvalue weighted by molar-refractivity contribution is 7.89. The molecule has 0 fully saturated rings. The lowest BCUT2D eigenvalue weighted by atomic mass is 9.90. The van der Waals surface area contributed by atoms with Gasteiger partial charge in [0.25, 0.3) is 15.9 Å². The van der Waals surface area contributed by atoms with Crippen LogP contribution < -0.4 is 15.6 Å². The molecular weight excluding hydrogens is 386 g/mol. The van der Waals surface area contributed by atoms with Gasteiger partial charge in [0, 0.05) is 17.5 Å². The molecule has 144 valence electrons. The second-order valence-electron chi connectivity index (χ2n) is 6.67. The van der Waals surface area contributed by atoms with E-state index in [2.05, 4.69) is 22.5 Å². The van der Waals surface area contributed by atoms with E-state index < -0.39 is 15.9 Å². The Morgan fingerprint density at radius 3 is 2.56 bits per heavy atom. The molecule has 9 heteroatoms. The van der Waals surface area contributed by atoms with Crippen LogP contribution in [0.15, 0.2) is 35.2 Å². The van der Waals surface area contributed by atoms with E-state index >= 15 is 0 Å². The van der Waals surface area contributed by atoms with E-state index in [9.17, 15) is 18.0 Å². The smallest absolute Gasteiger partial charge is 0.276 e. The molecule has 0 unspecified atom stereocenters. The molecule has 3 N–H and O–H groups in total. The summed E-state index contributed by atoms with van der Waals surface area (Å²) in [6.07, 6.45) is 3.02. The maximum absolute atomic E-state index is 12.3. The Bertz CT molecular complexity index is 965. The quantitative estimate of drug-likeness (QED) is 0.662. The van der Waals surface area contributed by atoms with Crippen LogP contribution in [0.1, 0.15) is 40.4 Å². The third kappa shape index (κ3) is 4.74. The molecule has 1 aliphatic carbocycles. The standard InChI is InChI=1S/C18H21N3O4S2/c1-11-3-8-16-13(9-11)10-17(26-16)18(23)20-21-27(24,25)15-6-4-14(5-7-15)19-12(2)22/h4-7,10-11,21H,3,8-9H2,1-2H3,(H,19,22)(H,20,23)/t11-/m1/s1. The third-order valence-electron chi connectivity index (χ3n) is 4.34. The number of thiophene rings is 1. The number of amides is 2. The second kappa shape index (κ2) is 7.79. The van der Waals surface area contributed by atoms with Crippen LogP contribution >= 0.6 is 11.3 Å². The molecular formula is C18H21N3O4S2. The van der Waals surface area contributed by atoms with Gasteiger partial charge in [-0.2, -0.15) is 0 Å². The molecule has 1 heterocycles. The number of fused-ring (bicyclic) bond motifs is 1. The lowest BCUT2D eigenvalue weighted by molar-refractivity contribution is -0.114. The summed E-state index contributed by atoms with van der Waals surface area (Å²) in [4.78, 5) is 27.1. The van der Waals surface area contributed by atoms with Gasteiger partial charge in [-0.1, -0.05) is 6.92 Å². The zero-order chi connectivity index (χ0) is 19.6. The Morgan fingerprint density at radius 2 is 1.89 bits per heavy atom. The van der Waals surface area contributed by atoms with Crippen molar-refractivity contribution in [1.82, 2.24) is 10.3 Å². The molecule has 2 aromatic rings. The summed E-state index contributed by atoms with van der Waals surface area (Å²) in [5, 5.41) is 2.56. The molecule has 0 aliphatic heterocycles. The zero-order valence-electron chi connectivity index (χ0n) is 15.0. The fourth-order valence-electron chi connectivity index (χ4n) is 2.97. The van der Waals surface area contributed by atoms with Crippen molar-refractivity contribution >= 4 is 38.9 Å². The van der Waals surface area contributed by atoms with Gasteiger partial charge in [-0.15, -0.1) is 16.2 Å². The summed E-state index contributed by atoms with van der Waals surface area (Å²) < 4.78 is 24.7. The molecule has 0 bridgehead atoms. The number of rotatable bonds is 5. The van der Waals surface area contributed by atoms with Crippen LogP contribution in [-0.2, 0) is 27.7 Å². The molecule has 1 atom stereocenters. The lowest BCUT2D eigenvalue weighted by Crippen LogP contribution is -2.41. The van der Waals surface area contributed by atoms with Crippen molar-refractivity contribution in [2.75, 3.05) is 5.32 Å². The number of hydrogen-bond donors (Lipinski definition) is 3. The first-order valence-corrected chi connectivity index (χ1v) is 10.9. The highest BCUT2D eigenvalue weighted by Gasteiger charge is 2.22. The fourth-order valence-corrected chi connectivity index (χ4v) is 4.92. The largest absolute Gasteiger partial charge is 0.326 e. The van der Waals surface area contributed by atoms with E-state index in [1.165, 1.54) is 53.0 Å². The molecule has 0 saturated heterocycles. The van der Waals surface area contributed by atoms with E-state index in [4.69, 9.17) is 0 Å². The summed E-state index contributed by atoms with van der Waals surface area (Å²) in [6.45, 7) is 3.55. The predicted octanol–water partition coefficient (Wildman–Crippen LogP) is 2.45. The molecule has 2 amide bonds. The summed E-state index contributed by atoms with van der Waals surface area (Å²) in [7, 11) is -3.91. The monoisotopic (exact) mass is 407 g/mol. The van der Waals surface area contributed by atoms with Gasteiger partial charge in [0.15, 0.2) is 0 Å². The third-order valence-corrected chi connectivity index (χ3v) is 6.84. The van der Waals surface area contributed by atoms with Gasteiger partial charge in [0.2, 0.25) is 5.91 Å². The number of anilines is 1. The fraction of sp³-hybridized carbons (Fsp3) is 0.333. The molecule has 7 nitrogen and oxygen atoms in total. The van der Waals surface area contributed by atoms with Gasteiger partial charge >= 0.3 is 0 Å². The van der Waals surface area contributed by atoms with E-state index in [1.54, 1.807) is 0 Å². The highest BCUT2D eigenvalue weighted by Crippen LogP contribution is 2.32. The van der Waals surface area contributed by atoms with Gasteiger partial charge in [-0.25, -0.2) is 8.42 Å². The van der Waals surface area contributed by atoms with Gasteiger partial charge in [-0.3, -0.25) is 15.0 Å². The minimum Gasteiger partial charge on any atom is -0.326 e. The summed E-state index contributed by atoms with van der Waals surface area (Å²) >= 11 is 1.41. The van der Waals surface area contributed by atoms with Crippen LogP contribution in [0.2, 0.25) is 0 Å². The Morgan fingerprint density at radius 1 is 1.19 bits per heavy atom. The van der Waals surface area contributed by atoms with Gasteiger partial charge in [0.1, 0.15) is 0 Å². The number of hydrogen-bond acceptors (Lipinski definition) is 5. The first-order valence-electron chi connectivity index (χ1n) is 8.56. The van der Waals surface area contributed by atoms with E-state index in [-0.39, 0.29) is 10.8 Å². The molecule has 0 spiro atoms. The Hall–Kier alpha value is -2.23. The minimum atomic E-state index is -3.91. The summed E-state index contributed by atoms with van der Waals surface area (Å²) in [5.41, 5.74) is 3.94. The van der Waals surface area contributed by atoms with Crippen molar-refractivity contribution in [1.29, 1.82) is 0 Å². The van der Waals surface area contributed by atoms with Crippen LogP contribution in [0, 0.1) is 5.92 Å². The molecule has 0 saturated carbocycles. The van der Waals surface area contributed by atoms with Gasteiger partial charge in [-0.05, 0) is 61.1 Å². The maximum atomic E-state index is 12.3. The zero-order valence-corrected chi connectivity index (χ0v) is 16.7. The number of benzene rings is 1. The molecule has 1 aliphatic rings. The molecule has 1 aromatic heterocycles. The first kappa shape index (κ1) is 19.5. The number of aryl methyl sites for hydroxylation is 1. The van der Waals surface area contributed by atoms with Crippen molar-refractivity contribution in [3.8, 4) is 0 Å². The topological polar surface area (TPSA) is 104 Å². The van der Waals surface area contributed by atoms with Crippen LogP contribution in [0.3, 0.4) is 0 Å². The minimum absolute atomic E-state index is 0.0174. The van der Waals surface area contributed by atoms with Crippen LogP contribution in [-0.4, -0.2) is 20.2 Å². The SMILES string of the molecule is CC(=O)Nc1ccc(S(=O)(=O)NNC(=O)c2cc3c(s2)CC[C@@H](C)C3)cc1. The van der Waals surface area contributed by atoms with Crippen molar-refractivity contribution in [3.05, 3.63) is 45.6 Å². The Kier molecular flexibility index (Phi) is 5.64. The van der Waals surface area contributed by atoms with Crippen molar-refractivity contribution in [3.63, 3.8) is 0 Å². The van der Waals surface area contributed by atoms with Crippen LogP contribution in [0.25, 0.3) is 0 Å². The number of sulfonamides is 1. The molecule has 3 rings (SSSR count). The Balaban J connectivity index is 1.64. The number of hydrazine groups is 1. The first-order chi connectivity index (χ1) is 12.7. The highest BCUT2D eigenvalue weighted by atomic mass is 32.2. The normalized spacial score (nSPS) is 16.4. The lowest BCUT2D eigenvalue weighted by Gasteiger charge is -2.16. The summed E-state index contributed by atoms with van der Waals surface area (Å²) in [5.74, 6) is -0.119. The average molecular weight is 408 g/mol. The van der Waals surface area contributed by atoms with Crippen LogP contribution in [0.5, 0.6) is 0 Å². The van der Waals surface area contributed by atoms with Crippen molar-refractivity contribution < 1.29 is 18.0 Å². The van der Waals surface area contributed by atoms with Crippen molar-refractivity contribution in [2.45, 2.75) is 38.0 Å². The predicted molar refractivity (Wildman–Crippen MR) is 104 cm³/mol. The van der Waals surface area contributed by atoms with E-state index in [0.29, 0.717) is 16.5 Å². The van der Waals surface area contributed by atoms with Gasteiger partial charge < -0.3 is 5.32 Å². The maximum Gasteiger partial charge on any atom is 0.276 e. The van der Waals surface area contributed by atoms with Crippen LogP contribution in [0.4, 0.5) is 5.69 Å². The van der Waals surface area contributed by atoms with Crippen molar-refractivity contribution in [2.24, 2.45) is 5.92 Å². The second-order valence-corrected chi connectivity index (χ2v) is 9.49. The molecule has 0 radical (unpaired) electrons. The Labute approximate surface area is 162 Å². The van der Waals surface area contributed by atoms with E-state index in [1.807, 2.05) is 6.07 Å². The molecule has 27 heavy (non-hydrogen) atoms. The van der Waals surface area contributed by atoms with E-state index in [0.717, 1.165) is 19.3 Å². The number of carbonyl (C=O) groups excluding carboxylic acids is 2.